The van der Waals surface area contributed by atoms with Crippen molar-refractivity contribution in [2.45, 2.75) is 91.1 Å². The molecule has 0 saturated heterocycles. The molecule has 0 N–H and O–H groups in total. The van der Waals surface area contributed by atoms with Crippen molar-refractivity contribution in [3.05, 3.63) is 53.3 Å². The number of rotatable bonds is 9. The Hall–Kier alpha value is -3.48. The van der Waals surface area contributed by atoms with Gasteiger partial charge >= 0.3 is 6.01 Å². The maximum Gasteiger partial charge on any atom is 0.320 e. The van der Waals surface area contributed by atoms with E-state index in [9.17, 15) is 0 Å². The largest absolute Gasteiger partial charge is 0.480 e. The van der Waals surface area contributed by atoms with E-state index in [0.29, 0.717) is 23.9 Å². The third-order valence-electron chi connectivity index (χ3n) is 6.71. The zero-order valence-electron chi connectivity index (χ0n) is 24.3. The average molecular weight is 531 g/mol. The van der Waals surface area contributed by atoms with E-state index in [0.717, 1.165) is 72.0 Å². The first-order chi connectivity index (χ1) is 19.1. The highest BCUT2D eigenvalue weighted by Gasteiger charge is 2.28. The SMILES string of the molecule is CC.CCCc1cccc2c(OC)nc(C3CC3)nc12.CCCc1cccc2c(OC)nc(OC3CC3)nc12. The average Bonchev–Trinajstić information content (AvgIpc) is 3.90. The molecule has 0 bridgehead atoms. The Morgan fingerprint density at radius 1 is 0.692 bits per heavy atom. The van der Waals surface area contributed by atoms with Crippen molar-refractivity contribution in [1.82, 2.24) is 19.9 Å². The summed E-state index contributed by atoms with van der Waals surface area (Å²) in [5.41, 5.74) is 4.55. The summed E-state index contributed by atoms with van der Waals surface area (Å²) in [5.74, 6) is 2.83. The summed E-state index contributed by atoms with van der Waals surface area (Å²) in [6, 6.07) is 12.8. The van der Waals surface area contributed by atoms with Gasteiger partial charge in [-0.05, 0) is 61.8 Å². The number of aromatic nitrogens is 4. The predicted molar refractivity (Wildman–Crippen MR) is 157 cm³/mol. The number of nitrogens with zero attached hydrogens (tertiary/aromatic N) is 4. The van der Waals surface area contributed by atoms with Gasteiger partial charge in [-0.2, -0.15) is 15.0 Å². The number of hydrogen-bond acceptors (Lipinski definition) is 7. The van der Waals surface area contributed by atoms with Gasteiger partial charge in [0.15, 0.2) is 0 Å². The zero-order valence-corrected chi connectivity index (χ0v) is 24.3. The Balaban J connectivity index is 0.000000170. The van der Waals surface area contributed by atoms with Crippen LogP contribution in [0.4, 0.5) is 0 Å². The van der Waals surface area contributed by atoms with Crippen LogP contribution in [0.25, 0.3) is 21.8 Å². The Kier molecular flexibility index (Phi) is 9.90. The molecule has 7 heteroatoms. The molecule has 2 aliphatic rings. The molecule has 2 heterocycles. The van der Waals surface area contributed by atoms with E-state index in [-0.39, 0.29) is 0 Å². The molecule has 2 fully saturated rings. The molecule has 2 aromatic carbocycles. The van der Waals surface area contributed by atoms with Gasteiger partial charge in [0, 0.05) is 5.92 Å². The maximum atomic E-state index is 5.71. The molecule has 0 radical (unpaired) electrons. The van der Waals surface area contributed by atoms with Crippen LogP contribution in [-0.2, 0) is 12.8 Å². The molecule has 0 aliphatic heterocycles. The summed E-state index contributed by atoms with van der Waals surface area (Å²) in [6.07, 6.45) is 9.19. The molecule has 6 rings (SSSR count). The molecule has 0 atom stereocenters. The third kappa shape index (κ3) is 6.94. The summed E-state index contributed by atoms with van der Waals surface area (Å²) in [6.45, 7) is 8.36. The molecule has 208 valence electrons. The molecular weight excluding hydrogens is 488 g/mol. The molecule has 0 amide bonds. The van der Waals surface area contributed by atoms with Crippen LogP contribution in [0.15, 0.2) is 36.4 Å². The van der Waals surface area contributed by atoms with Gasteiger partial charge in [-0.1, -0.05) is 64.8 Å². The number of aryl methyl sites for hydroxylation is 2. The smallest absolute Gasteiger partial charge is 0.320 e. The summed E-state index contributed by atoms with van der Waals surface area (Å²) in [7, 11) is 3.32. The minimum Gasteiger partial charge on any atom is -0.480 e. The molecule has 4 aromatic rings. The number of methoxy groups -OCH3 is 2. The fraction of sp³-hybridized carbons (Fsp3) is 0.500. The number of fused-ring (bicyclic) bond motifs is 2. The van der Waals surface area contributed by atoms with Gasteiger partial charge in [0.05, 0.1) is 36.0 Å². The molecule has 2 saturated carbocycles. The van der Waals surface area contributed by atoms with Crippen molar-refractivity contribution in [2.75, 3.05) is 14.2 Å². The van der Waals surface area contributed by atoms with E-state index in [1.54, 1.807) is 14.2 Å². The highest BCUT2D eigenvalue weighted by molar-refractivity contribution is 5.87. The Morgan fingerprint density at radius 2 is 1.23 bits per heavy atom. The van der Waals surface area contributed by atoms with E-state index in [1.807, 2.05) is 32.0 Å². The van der Waals surface area contributed by atoms with E-state index in [2.05, 4.69) is 47.0 Å². The zero-order chi connectivity index (χ0) is 27.8. The highest BCUT2D eigenvalue weighted by Crippen LogP contribution is 2.40. The molecule has 7 nitrogen and oxygen atoms in total. The van der Waals surface area contributed by atoms with Crippen LogP contribution in [0, 0.1) is 0 Å². The molecule has 39 heavy (non-hydrogen) atoms. The van der Waals surface area contributed by atoms with Crippen molar-refractivity contribution in [1.29, 1.82) is 0 Å². The summed E-state index contributed by atoms with van der Waals surface area (Å²) < 4.78 is 16.5. The summed E-state index contributed by atoms with van der Waals surface area (Å²) in [4.78, 5) is 18.2. The molecule has 2 aliphatic carbocycles. The van der Waals surface area contributed by atoms with Gasteiger partial charge in [-0.3, -0.25) is 0 Å². The van der Waals surface area contributed by atoms with Crippen molar-refractivity contribution in [3.63, 3.8) is 0 Å². The van der Waals surface area contributed by atoms with Gasteiger partial charge < -0.3 is 14.2 Å². The van der Waals surface area contributed by atoms with E-state index in [1.165, 1.54) is 24.0 Å². The predicted octanol–water partition coefficient (Wildman–Crippen LogP) is 7.63. The van der Waals surface area contributed by atoms with E-state index < -0.39 is 0 Å². The van der Waals surface area contributed by atoms with Gasteiger partial charge in [0.25, 0.3) is 0 Å². The lowest BCUT2D eigenvalue weighted by Gasteiger charge is -2.10. The highest BCUT2D eigenvalue weighted by atomic mass is 16.5. The van der Waals surface area contributed by atoms with Gasteiger partial charge in [-0.25, -0.2) is 4.98 Å². The van der Waals surface area contributed by atoms with Crippen LogP contribution < -0.4 is 14.2 Å². The molecule has 0 unspecified atom stereocenters. The van der Waals surface area contributed by atoms with Crippen LogP contribution in [0.2, 0.25) is 0 Å². The van der Waals surface area contributed by atoms with Crippen LogP contribution in [-0.4, -0.2) is 40.3 Å². The second-order valence-corrected chi connectivity index (χ2v) is 9.82. The minimum atomic E-state index is 0.292. The fourth-order valence-corrected chi connectivity index (χ4v) is 4.53. The number of para-hydroxylation sites is 2. The maximum absolute atomic E-state index is 5.71. The third-order valence-corrected chi connectivity index (χ3v) is 6.71. The van der Waals surface area contributed by atoms with Crippen LogP contribution in [0.5, 0.6) is 17.8 Å². The lowest BCUT2D eigenvalue weighted by atomic mass is 10.1. The van der Waals surface area contributed by atoms with Gasteiger partial charge in [-0.15, -0.1) is 0 Å². The second kappa shape index (κ2) is 13.5. The monoisotopic (exact) mass is 530 g/mol. The van der Waals surface area contributed by atoms with Crippen molar-refractivity contribution in [2.24, 2.45) is 0 Å². The van der Waals surface area contributed by atoms with Crippen molar-refractivity contribution in [3.8, 4) is 17.8 Å². The first-order valence-corrected chi connectivity index (χ1v) is 14.5. The lowest BCUT2D eigenvalue weighted by Crippen LogP contribution is -2.03. The van der Waals surface area contributed by atoms with Crippen LogP contribution in [0.1, 0.15) is 89.1 Å². The topological polar surface area (TPSA) is 79.3 Å². The molecular formula is C32H42N4O3. The van der Waals surface area contributed by atoms with Crippen molar-refractivity contribution >= 4 is 21.8 Å². The van der Waals surface area contributed by atoms with Crippen LogP contribution in [0.3, 0.4) is 0 Å². The van der Waals surface area contributed by atoms with E-state index >= 15 is 0 Å². The Morgan fingerprint density at radius 3 is 1.72 bits per heavy atom. The van der Waals surface area contributed by atoms with Gasteiger partial charge in [0.2, 0.25) is 11.8 Å². The number of ether oxygens (including phenoxy) is 3. The number of hydrogen-bond donors (Lipinski definition) is 0. The quantitative estimate of drug-likeness (QED) is 0.220. The van der Waals surface area contributed by atoms with E-state index in [4.69, 9.17) is 19.2 Å². The number of benzene rings is 2. The standard InChI is InChI=1S/C15H18N2O2.C15H18N2O.C2H6/c1-3-5-10-6-4-7-12-13(10)16-15(17-14(12)18-2)19-11-8-9-11;1-3-5-10-6-4-7-12-13(10)16-14(11-8-9-11)17-15(12)18-2;1-2/h4,6-7,11H,3,5,8-9H2,1-2H3;4,6-7,11H,3,5,8-9H2,1-2H3;1-2H3. The Labute approximate surface area is 232 Å². The minimum absolute atomic E-state index is 0.292. The summed E-state index contributed by atoms with van der Waals surface area (Å²) >= 11 is 0. The van der Waals surface area contributed by atoms with Gasteiger partial charge in [0.1, 0.15) is 11.9 Å². The van der Waals surface area contributed by atoms with Crippen molar-refractivity contribution < 1.29 is 14.2 Å². The second-order valence-electron chi connectivity index (χ2n) is 9.82. The normalized spacial score (nSPS) is 14.2. The first kappa shape index (κ1) is 28.5. The Bertz CT molecular complexity index is 1380. The first-order valence-electron chi connectivity index (χ1n) is 14.5. The lowest BCUT2D eigenvalue weighted by molar-refractivity contribution is 0.273. The summed E-state index contributed by atoms with van der Waals surface area (Å²) in [5, 5.41) is 1.99. The van der Waals surface area contributed by atoms with Crippen LogP contribution >= 0.6 is 0 Å². The molecule has 2 aromatic heterocycles. The fourth-order valence-electron chi connectivity index (χ4n) is 4.53. The molecule has 0 spiro atoms.